The number of anilines is 3. The minimum absolute atomic E-state index is 0.0883. The second-order valence-electron chi connectivity index (χ2n) is 7.34. The number of para-hydroxylation sites is 1. The third-order valence-electron chi connectivity index (χ3n) is 5.06. The number of carbonyl (C=O) groups excluding carboxylic acids is 1. The summed E-state index contributed by atoms with van der Waals surface area (Å²) in [6.07, 6.45) is 5.53. The van der Waals surface area contributed by atoms with Crippen molar-refractivity contribution in [3.8, 4) is 0 Å². The molecule has 0 spiro atoms. The van der Waals surface area contributed by atoms with Crippen LogP contribution in [-0.2, 0) is 0 Å². The van der Waals surface area contributed by atoms with Gasteiger partial charge in [0.2, 0.25) is 5.95 Å². The Morgan fingerprint density at radius 3 is 2.56 bits per heavy atom. The topological polar surface area (TPSA) is 96.2 Å². The molecule has 1 saturated carbocycles. The van der Waals surface area contributed by atoms with Gasteiger partial charge < -0.3 is 21.3 Å². The van der Waals surface area contributed by atoms with E-state index in [1.165, 1.54) is 0 Å². The van der Waals surface area contributed by atoms with E-state index in [1.807, 2.05) is 44.1 Å². The van der Waals surface area contributed by atoms with Crippen molar-refractivity contribution in [2.24, 2.45) is 0 Å². The lowest BCUT2D eigenvalue weighted by Gasteiger charge is -2.30. The Morgan fingerprint density at radius 1 is 1.15 bits per heavy atom. The largest absolute Gasteiger partial charge is 0.398 e. The number of rotatable bonds is 5. The standard InChI is InChI=1S/C20H28N6O/c1-13-5-4-6-16(18(13)21)19(27)23-14-7-9-15(10-8-14)24-20-22-12-11-17(25-20)26(2)3/h4-6,11-12,14-15H,7-10,21H2,1-3H3,(H,23,27)(H,22,24,25). The lowest BCUT2D eigenvalue weighted by atomic mass is 9.91. The quantitative estimate of drug-likeness (QED) is 0.702. The predicted octanol–water partition coefficient (Wildman–Crippen LogP) is 2.59. The number of hydrogen-bond acceptors (Lipinski definition) is 6. The van der Waals surface area contributed by atoms with Gasteiger partial charge in [0, 0.05) is 38.1 Å². The average molecular weight is 368 g/mol. The summed E-state index contributed by atoms with van der Waals surface area (Å²) in [6.45, 7) is 1.91. The Hall–Kier alpha value is -2.83. The molecule has 1 fully saturated rings. The van der Waals surface area contributed by atoms with Crippen molar-refractivity contribution >= 4 is 23.4 Å². The van der Waals surface area contributed by atoms with E-state index in [1.54, 1.807) is 12.3 Å². The molecule has 144 valence electrons. The molecule has 1 aromatic carbocycles. The normalized spacial score (nSPS) is 19.4. The van der Waals surface area contributed by atoms with Crippen LogP contribution in [0.15, 0.2) is 30.5 Å². The van der Waals surface area contributed by atoms with Crippen molar-refractivity contribution in [3.63, 3.8) is 0 Å². The maximum atomic E-state index is 12.5. The second-order valence-corrected chi connectivity index (χ2v) is 7.34. The number of nitrogens with one attached hydrogen (secondary N) is 2. The first kappa shape index (κ1) is 18.9. The van der Waals surface area contributed by atoms with Gasteiger partial charge in [-0.15, -0.1) is 0 Å². The summed E-state index contributed by atoms with van der Waals surface area (Å²) in [4.78, 5) is 23.3. The molecule has 2 aromatic rings. The van der Waals surface area contributed by atoms with Gasteiger partial charge in [-0.2, -0.15) is 4.98 Å². The van der Waals surface area contributed by atoms with Crippen molar-refractivity contribution in [2.45, 2.75) is 44.7 Å². The van der Waals surface area contributed by atoms with Crippen LogP contribution in [0.2, 0.25) is 0 Å². The van der Waals surface area contributed by atoms with Crippen molar-refractivity contribution in [2.75, 3.05) is 30.0 Å². The third kappa shape index (κ3) is 4.67. The first-order chi connectivity index (χ1) is 12.9. The Labute approximate surface area is 160 Å². The SMILES string of the molecule is Cc1cccc(C(=O)NC2CCC(Nc3nccc(N(C)C)n3)CC2)c1N. The minimum atomic E-state index is -0.0883. The monoisotopic (exact) mass is 368 g/mol. The number of amides is 1. The lowest BCUT2D eigenvalue weighted by Crippen LogP contribution is -2.40. The van der Waals surface area contributed by atoms with Crippen LogP contribution in [0.1, 0.15) is 41.6 Å². The first-order valence-electron chi connectivity index (χ1n) is 9.37. The van der Waals surface area contributed by atoms with E-state index in [4.69, 9.17) is 5.73 Å². The van der Waals surface area contributed by atoms with Crippen LogP contribution in [0, 0.1) is 6.92 Å². The molecule has 0 unspecified atom stereocenters. The summed E-state index contributed by atoms with van der Waals surface area (Å²) in [7, 11) is 3.92. The minimum Gasteiger partial charge on any atom is -0.398 e. The molecule has 27 heavy (non-hydrogen) atoms. The third-order valence-corrected chi connectivity index (χ3v) is 5.06. The molecule has 1 aliphatic rings. The Balaban J connectivity index is 1.52. The smallest absolute Gasteiger partial charge is 0.253 e. The summed E-state index contributed by atoms with van der Waals surface area (Å²) in [5, 5.41) is 6.54. The molecular formula is C20H28N6O. The van der Waals surface area contributed by atoms with Gasteiger partial charge >= 0.3 is 0 Å². The number of carbonyl (C=O) groups is 1. The highest BCUT2D eigenvalue weighted by molar-refractivity contribution is 5.99. The predicted molar refractivity (Wildman–Crippen MR) is 109 cm³/mol. The van der Waals surface area contributed by atoms with Gasteiger partial charge in [0.1, 0.15) is 5.82 Å². The van der Waals surface area contributed by atoms with Crippen LogP contribution in [-0.4, -0.2) is 42.1 Å². The van der Waals surface area contributed by atoms with Crippen LogP contribution in [0.5, 0.6) is 0 Å². The number of nitrogens with zero attached hydrogens (tertiary/aromatic N) is 3. The van der Waals surface area contributed by atoms with Crippen LogP contribution >= 0.6 is 0 Å². The fourth-order valence-corrected chi connectivity index (χ4v) is 3.37. The zero-order valence-corrected chi connectivity index (χ0v) is 16.2. The number of benzene rings is 1. The van der Waals surface area contributed by atoms with Gasteiger partial charge in [0.15, 0.2) is 0 Å². The zero-order valence-electron chi connectivity index (χ0n) is 16.2. The number of nitrogens with two attached hydrogens (primary N) is 1. The van der Waals surface area contributed by atoms with Gasteiger partial charge in [-0.25, -0.2) is 4.98 Å². The van der Waals surface area contributed by atoms with E-state index in [0.29, 0.717) is 23.2 Å². The molecule has 1 amide bonds. The van der Waals surface area contributed by atoms with Crippen molar-refractivity contribution in [1.82, 2.24) is 15.3 Å². The average Bonchev–Trinajstić information content (AvgIpc) is 2.65. The van der Waals surface area contributed by atoms with Crippen LogP contribution in [0.4, 0.5) is 17.5 Å². The molecule has 7 nitrogen and oxygen atoms in total. The van der Waals surface area contributed by atoms with E-state index in [9.17, 15) is 4.79 Å². The molecule has 1 aliphatic carbocycles. The molecular weight excluding hydrogens is 340 g/mol. The lowest BCUT2D eigenvalue weighted by molar-refractivity contribution is 0.0927. The molecule has 7 heteroatoms. The number of nitrogen functional groups attached to an aromatic ring is 1. The van der Waals surface area contributed by atoms with Crippen LogP contribution in [0.3, 0.4) is 0 Å². The maximum absolute atomic E-state index is 12.5. The highest BCUT2D eigenvalue weighted by atomic mass is 16.1. The molecule has 0 saturated heterocycles. The van der Waals surface area contributed by atoms with Crippen LogP contribution in [0.25, 0.3) is 0 Å². The summed E-state index contributed by atoms with van der Waals surface area (Å²) in [5.74, 6) is 1.44. The Kier molecular flexibility index (Phi) is 5.78. The van der Waals surface area contributed by atoms with E-state index >= 15 is 0 Å². The van der Waals surface area contributed by atoms with E-state index in [0.717, 1.165) is 37.1 Å². The number of aromatic nitrogens is 2. The molecule has 0 radical (unpaired) electrons. The summed E-state index contributed by atoms with van der Waals surface area (Å²) in [5.41, 5.74) is 8.09. The summed E-state index contributed by atoms with van der Waals surface area (Å²) in [6, 6.07) is 7.93. The van der Waals surface area contributed by atoms with Crippen molar-refractivity contribution in [1.29, 1.82) is 0 Å². The molecule has 1 aromatic heterocycles. The van der Waals surface area contributed by atoms with E-state index in [-0.39, 0.29) is 11.9 Å². The molecule has 0 aliphatic heterocycles. The highest BCUT2D eigenvalue weighted by Gasteiger charge is 2.24. The number of aryl methyl sites for hydroxylation is 1. The second kappa shape index (κ2) is 8.24. The van der Waals surface area contributed by atoms with E-state index in [2.05, 4.69) is 20.6 Å². The summed E-state index contributed by atoms with van der Waals surface area (Å²) < 4.78 is 0. The van der Waals surface area contributed by atoms with Gasteiger partial charge in [-0.05, 0) is 50.3 Å². The van der Waals surface area contributed by atoms with Gasteiger partial charge in [0.25, 0.3) is 5.91 Å². The fourth-order valence-electron chi connectivity index (χ4n) is 3.37. The molecule has 3 rings (SSSR count). The molecule has 4 N–H and O–H groups in total. The van der Waals surface area contributed by atoms with E-state index < -0.39 is 0 Å². The zero-order chi connectivity index (χ0) is 19.4. The van der Waals surface area contributed by atoms with Gasteiger partial charge in [0.05, 0.1) is 5.56 Å². The van der Waals surface area contributed by atoms with Crippen molar-refractivity contribution in [3.05, 3.63) is 41.6 Å². The van der Waals surface area contributed by atoms with Gasteiger partial charge in [-0.1, -0.05) is 12.1 Å². The Bertz CT molecular complexity index is 799. The highest BCUT2D eigenvalue weighted by Crippen LogP contribution is 2.23. The Morgan fingerprint density at radius 2 is 1.85 bits per heavy atom. The number of hydrogen-bond donors (Lipinski definition) is 3. The van der Waals surface area contributed by atoms with Crippen molar-refractivity contribution < 1.29 is 4.79 Å². The first-order valence-corrected chi connectivity index (χ1v) is 9.37. The summed E-state index contributed by atoms with van der Waals surface area (Å²) >= 11 is 0. The molecule has 0 atom stereocenters. The fraction of sp³-hybridized carbons (Fsp3) is 0.450. The van der Waals surface area contributed by atoms with Gasteiger partial charge in [-0.3, -0.25) is 4.79 Å². The molecule has 1 heterocycles. The maximum Gasteiger partial charge on any atom is 0.253 e. The van der Waals surface area contributed by atoms with Crippen LogP contribution < -0.4 is 21.3 Å². The molecule has 0 bridgehead atoms.